The molecule has 3 aromatic rings. The Labute approximate surface area is 171 Å². The summed E-state index contributed by atoms with van der Waals surface area (Å²) in [7, 11) is 3.44. The van der Waals surface area contributed by atoms with Gasteiger partial charge in [0.25, 0.3) is 0 Å². The lowest BCUT2D eigenvalue weighted by atomic mass is 9.88. The Bertz CT molecular complexity index is 960. The molecule has 3 rings (SSSR count). The van der Waals surface area contributed by atoms with Crippen molar-refractivity contribution in [1.29, 1.82) is 0 Å². The van der Waals surface area contributed by atoms with Crippen molar-refractivity contribution in [3.8, 4) is 5.75 Å². The van der Waals surface area contributed by atoms with E-state index in [2.05, 4.69) is 22.1 Å². The van der Waals surface area contributed by atoms with Crippen molar-refractivity contribution in [3.63, 3.8) is 0 Å². The van der Waals surface area contributed by atoms with Gasteiger partial charge in [0, 0.05) is 31.9 Å². The number of rotatable bonds is 6. The smallest absolute Gasteiger partial charge is 0.410 e. The fourth-order valence-corrected chi connectivity index (χ4v) is 3.44. The number of aromatic amines is 1. The van der Waals surface area contributed by atoms with Crippen LogP contribution in [0, 0.1) is 0 Å². The number of carbonyl (C=O) groups is 1. The van der Waals surface area contributed by atoms with Gasteiger partial charge in [-0.25, -0.2) is 9.78 Å². The van der Waals surface area contributed by atoms with Crippen molar-refractivity contribution in [3.05, 3.63) is 59.9 Å². The Kier molecular flexibility index (Phi) is 6.11. The van der Waals surface area contributed by atoms with Crippen molar-refractivity contribution in [2.24, 2.45) is 0 Å². The number of ether oxygens (including phenoxy) is 2. The highest BCUT2D eigenvalue weighted by Gasteiger charge is 2.24. The first kappa shape index (κ1) is 20.7. The molecule has 0 saturated heterocycles. The molecule has 0 bridgehead atoms. The molecule has 0 aliphatic heterocycles. The van der Waals surface area contributed by atoms with Gasteiger partial charge in [-0.2, -0.15) is 0 Å². The minimum Gasteiger partial charge on any atom is -0.496 e. The van der Waals surface area contributed by atoms with Gasteiger partial charge in [-0.1, -0.05) is 30.3 Å². The van der Waals surface area contributed by atoms with Crippen molar-refractivity contribution >= 4 is 17.1 Å². The van der Waals surface area contributed by atoms with Crippen LogP contribution in [0.3, 0.4) is 0 Å². The predicted octanol–water partition coefficient (Wildman–Crippen LogP) is 4.96. The van der Waals surface area contributed by atoms with Gasteiger partial charge in [0.2, 0.25) is 0 Å². The highest BCUT2D eigenvalue weighted by Crippen LogP contribution is 2.37. The van der Waals surface area contributed by atoms with E-state index in [1.54, 1.807) is 25.3 Å². The van der Waals surface area contributed by atoms with E-state index in [-0.39, 0.29) is 12.0 Å². The lowest BCUT2D eigenvalue weighted by Gasteiger charge is -2.26. The van der Waals surface area contributed by atoms with Gasteiger partial charge >= 0.3 is 6.09 Å². The van der Waals surface area contributed by atoms with Crippen molar-refractivity contribution in [2.75, 3.05) is 20.7 Å². The van der Waals surface area contributed by atoms with Gasteiger partial charge in [-0.15, -0.1) is 0 Å². The normalized spacial score (nSPS) is 12.6. The Morgan fingerprint density at radius 1 is 1.21 bits per heavy atom. The monoisotopic (exact) mass is 395 g/mol. The van der Waals surface area contributed by atoms with E-state index in [1.807, 2.05) is 51.2 Å². The van der Waals surface area contributed by atoms with Crippen molar-refractivity contribution in [1.82, 2.24) is 14.9 Å². The van der Waals surface area contributed by atoms with E-state index >= 15 is 0 Å². The Morgan fingerprint density at radius 3 is 2.59 bits per heavy atom. The number of hydrogen-bond donors (Lipinski definition) is 1. The zero-order chi connectivity index (χ0) is 21.0. The number of pyridine rings is 1. The molecule has 154 valence electrons. The molecule has 0 radical (unpaired) electrons. The van der Waals surface area contributed by atoms with Crippen LogP contribution in [0.25, 0.3) is 11.0 Å². The Morgan fingerprint density at radius 2 is 1.93 bits per heavy atom. The lowest BCUT2D eigenvalue weighted by molar-refractivity contribution is 0.0295. The maximum atomic E-state index is 12.4. The molecule has 6 nitrogen and oxygen atoms in total. The highest BCUT2D eigenvalue weighted by molar-refractivity contribution is 5.87. The molecule has 0 fully saturated rings. The second-order valence-electron chi connectivity index (χ2n) is 8.13. The molecule has 6 heteroatoms. The van der Waals surface area contributed by atoms with E-state index in [9.17, 15) is 4.79 Å². The quantitative estimate of drug-likeness (QED) is 0.640. The number of amides is 1. The van der Waals surface area contributed by atoms with Crippen LogP contribution in [0.15, 0.2) is 48.8 Å². The number of nitrogens with zero attached hydrogens (tertiary/aromatic N) is 2. The fourth-order valence-electron chi connectivity index (χ4n) is 3.44. The van der Waals surface area contributed by atoms with E-state index in [0.717, 1.165) is 28.8 Å². The number of fused-ring (bicyclic) bond motifs is 1. The molecule has 0 spiro atoms. The summed E-state index contributed by atoms with van der Waals surface area (Å²) in [5.74, 6) is 0.862. The van der Waals surface area contributed by atoms with Crippen molar-refractivity contribution in [2.45, 2.75) is 38.7 Å². The van der Waals surface area contributed by atoms with Crippen LogP contribution in [0.5, 0.6) is 5.75 Å². The van der Waals surface area contributed by atoms with Crippen molar-refractivity contribution < 1.29 is 14.3 Å². The molecular formula is C23H29N3O3. The minimum atomic E-state index is -0.514. The van der Waals surface area contributed by atoms with Gasteiger partial charge < -0.3 is 19.4 Å². The molecule has 2 aromatic heterocycles. The molecule has 1 N–H and O–H groups in total. The summed E-state index contributed by atoms with van der Waals surface area (Å²) in [6, 6.07) is 12.2. The summed E-state index contributed by atoms with van der Waals surface area (Å²) in [6.45, 7) is 6.17. The molecule has 0 unspecified atom stereocenters. The minimum absolute atomic E-state index is 0.0768. The molecule has 29 heavy (non-hydrogen) atoms. The summed E-state index contributed by atoms with van der Waals surface area (Å²) in [6.07, 6.45) is 4.15. The fraction of sp³-hybridized carbons (Fsp3) is 0.391. The van der Waals surface area contributed by atoms with E-state index in [1.165, 1.54) is 5.56 Å². The third kappa shape index (κ3) is 4.88. The van der Waals surface area contributed by atoms with E-state index in [4.69, 9.17) is 9.47 Å². The molecule has 1 atom stereocenters. The number of aromatic nitrogens is 2. The summed E-state index contributed by atoms with van der Waals surface area (Å²) in [4.78, 5) is 21.7. The largest absolute Gasteiger partial charge is 0.496 e. The number of H-pyrrole nitrogens is 1. The maximum absolute atomic E-state index is 12.4. The van der Waals surface area contributed by atoms with E-state index < -0.39 is 5.60 Å². The molecule has 0 aliphatic carbocycles. The maximum Gasteiger partial charge on any atom is 0.410 e. The first-order valence-corrected chi connectivity index (χ1v) is 9.79. The van der Waals surface area contributed by atoms with Crippen LogP contribution in [0.4, 0.5) is 4.79 Å². The van der Waals surface area contributed by atoms with Gasteiger partial charge in [-0.3, -0.25) is 0 Å². The Balaban J connectivity index is 1.91. The molecule has 1 aromatic carbocycles. The number of nitrogens with one attached hydrogen (secondary N) is 1. The van der Waals surface area contributed by atoms with Gasteiger partial charge in [0.15, 0.2) is 0 Å². The second kappa shape index (κ2) is 8.55. The van der Waals surface area contributed by atoms with Gasteiger partial charge in [-0.05, 0) is 44.4 Å². The summed E-state index contributed by atoms with van der Waals surface area (Å²) in [5, 5.41) is 0.976. The molecule has 1 amide bonds. The van der Waals surface area contributed by atoms with Crippen LogP contribution in [0.1, 0.15) is 44.2 Å². The first-order valence-electron chi connectivity index (χ1n) is 9.79. The number of hydrogen-bond acceptors (Lipinski definition) is 4. The number of carbonyl (C=O) groups excluding carboxylic acids is 1. The summed E-state index contributed by atoms with van der Waals surface area (Å²) >= 11 is 0. The summed E-state index contributed by atoms with van der Waals surface area (Å²) in [5.41, 5.74) is 2.56. The van der Waals surface area contributed by atoms with Crippen LogP contribution < -0.4 is 4.74 Å². The third-order valence-corrected chi connectivity index (χ3v) is 4.82. The zero-order valence-electron chi connectivity index (χ0n) is 17.7. The second-order valence-corrected chi connectivity index (χ2v) is 8.13. The molecule has 0 saturated carbocycles. The Hall–Kier alpha value is -3.02. The van der Waals surface area contributed by atoms with Crippen LogP contribution in [0.2, 0.25) is 0 Å². The first-order chi connectivity index (χ1) is 13.8. The third-order valence-electron chi connectivity index (χ3n) is 4.82. The number of benzene rings is 1. The lowest BCUT2D eigenvalue weighted by Crippen LogP contribution is -2.35. The average molecular weight is 396 g/mol. The predicted molar refractivity (Wildman–Crippen MR) is 114 cm³/mol. The van der Waals surface area contributed by atoms with Gasteiger partial charge in [0.1, 0.15) is 17.0 Å². The zero-order valence-corrected chi connectivity index (χ0v) is 17.7. The SMILES string of the molecule is COc1ccnc2[nH]cc([C@@H](CCN(C)C(=O)OC(C)(C)C)c3ccccc3)c12. The van der Waals surface area contributed by atoms with Gasteiger partial charge in [0.05, 0.1) is 12.5 Å². The molecular weight excluding hydrogens is 366 g/mol. The van der Waals surface area contributed by atoms with Crippen LogP contribution in [-0.4, -0.2) is 47.3 Å². The van der Waals surface area contributed by atoms with Crippen LogP contribution >= 0.6 is 0 Å². The standard InChI is InChI=1S/C23H29N3O3/c1-23(2,3)29-22(27)26(4)14-12-17(16-9-7-6-8-10-16)18-15-25-21-20(18)19(28-5)11-13-24-21/h6-11,13,15,17H,12,14H2,1-5H3,(H,24,25)/t17-/m0/s1. The molecule has 0 aliphatic rings. The van der Waals surface area contributed by atoms with E-state index in [0.29, 0.717) is 6.54 Å². The topological polar surface area (TPSA) is 67.5 Å². The summed E-state index contributed by atoms with van der Waals surface area (Å²) < 4.78 is 11.1. The van der Waals surface area contributed by atoms with Crippen LogP contribution in [-0.2, 0) is 4.74 Å². The highest BCUT2D eigenvalue weighted by atomic mass is 16.6. The average Bonchev–Trinajstić information content (AvgIpc) is 3.11. The number of methoxy groups -OCH3 is 1. The molecule has 2 heterocycles.